The van der Waals surface area contributed by atoms with Gasteiger partial charge in [0.1, 0.15) is 0 Å². The van der Waals surface area contributed by atoms with Gasteiger partial charge >= 0.3 is 11.9 Å². The average molecular weight is 328 g/mol. The molecule has 0 aromatic heterocycles. The van der Waals surface area contributed by atoms with Crippen molar-refractivity contribution in [2.45, 2.75) is 0 Å². The third-order valence-electron chi connectivity index (χ3n) is 3.52. The Morgan fingerprint density at radius 2 is 1.54 bits per heavy atom. The SMILES string of the molecule is COC(=O)c1cccc(Nc2ccc(N(C)C)cc2)c1C(=O)OC. The molecule has 0 aliphatic rings. The monoisotopic (exact) mass is 328 g/mol. The quantitative estimate of drug-likeness (QED) is 0.851. The van der Waals surface area contributed by atoms with Crippen molar-refractivity contribution < 1.29 is 19.1 Å². The molecule has 1 N–H and O–H groups in total. The summed E-state index contributed by atoms with van der Waals surface area (Å²) in [5.74, 6) is -1.20. The first kappa shape index (κ1) is 17.3. The second-order valence-corrected chi connectivity index (χ2v) is 5.28. The summed E-state index contributed by atoms with van der Waals surface area (Å²) in [5, 5.41) is 3.15. The van der Waals surface area contributed by atoms with E-state index < -0.39 is 11.9 Å². The number of carbonyl (C=O) groups is 2. The van der Waals surface area contributed by atoms with Gasteiger partial charge in [-0.15, -0.1) is 0 Å². The smallest absolute Gasteiger partial charge is 0.340 e. The van der Waals surface area contributed by atoms with Crippen molar-refractivity contribution in [1.82, 2.24) is 0 Å². The molecular weight excluding hydrogens is 308 g/mol. The van der Waals surface area contributed by atoms with Crippen molar-refractivity contribution in [3.05, 3.63) is 53.6 Å². The summed E-state index contributed by atoms with van der Waals surface area (Å²) in [4.78, 5) is 26.0. The highest BCUT2D eigenvalue weighted by Gasteiger charge is 2.22. The zero-order valence-electron chi connectivity index (χ0n) is 14.1. The molecule has 0 amide bonds. The highest BCUT2D eigenvalue weighted by molar-refractivity contribution is 6.07. The molecule has 126 valence electrons. The Morgan fingerprint density at radius 1 is 0.917 bits per heavy atom. The predicted molar refractivity (Wildman–Crippen MR) is 93.2 cm³/mol. The van der Waals surface area contributed by atoms with Gasteiger partial charge in [0.15, 0.2) is 0 Å². The Hall–Kier alpha value is -3.02. The number of hydrogen-bond acceptors (Lipinski definition) is 6. The van der Waals surface area contributed by atoms with Crippen molar-refractivity contribution in [3.63, 3.8) is 0 Å². The molecule has 0 radical (unpaired) electrons. The van der Waals surface area contributed by atoms with Crippen molar-refractivity contribution in [1.29, 1.82) is 0 Å². The van der Waals surface area contributed by atoms with Gasteiger partial charge < -0.3 is 19.7 Å². The fourth-order valence-corrected chi connectivity index (χ4v) is 2.26. The average Bonchev–Trinajstić information content (AvgIpc) is 2.60. The second kappa shape index (κ2) is 7.50. The summed E-state index contributed by atoms with van der Waals surface area (Å²) in [6.07, 6.45) is 0. The highest BCUT2D eigenvalue weighted by atomic mass is 16.5. The number of nitrogens with one attached hydrogen (secondary N) is 1. The van der Waals surface area contributed by atoms with E-state index >= 15 is 0 Å². The maximum Gasteiger partial charge on any atom is 0.340 e. The van der Waals surface area contributed by atoms with Gasteiger partial charge in [-0.3, -0.25) is 0 Å². The van der Waals surface area contributed by atoms with Crippen LogP contribution in [0.2, 0.25) is 0 Å². The minimum absolute atomic E-state index is 0.142. The van der Waals surface area contributed by atoms with Crippen molar-refractivity contribution in [3.8, 4) is 0 Å². The van der Waals surface area contributed by atoms with Crippen LogP contribution in [-0.4, -0.2) is 40.3 Å². The number of nitrogens with zero attached hydrogens (tertiary/aromatic N) is 1. The first-order chi connectivity index (χ1) is 11.5. The molecule has 0 heterocycles. The maximum atomic E-state index is 12.1. The molecule has 6 heteroatoms. The molecule has 0 aliphatic carbocycles. The van der Waals surface area contributed by atoms with E-state index in [9.17, 15) is 9.59 Å². The largest absolute Gasteiger partial charge is 0.465 e. The Labute approximate surface area is 141 Å². The Morgan fingerprint density at radius 3 is 2.08 bits per heavy atom. The normalized spacial score (nSPS) is 10.0. The number of carbonyl (C=O) groups excluding carboxylic acids is 2. The third kappa shape index (κ3) is 3.65. The van der Waals surface area contributed by atoms with Gasteiger partial charge in [0, 0.05) is 25.5 Å². The van der Waals surface area contributed by atoms with Crippen LogP contribution in [0.1, 0.15) is 20.7 Å². The number of ether oxygens (including phenoxy) is 2. The lowest BCUT2D eigenvalue weighted by atomic mass is 10.0. The molecule has 0 saturated carbocycles. The minimum atomic E-state index is -0.608. The molecule has 2 rings (SSSR count). The minimum Gasteiger partial charge on any atom is -0.465 e. The molecule has 0 saturated heterocycles. The molecule has 0 bridgehead atoms. The predicted octanol–water partition coefficient (Wildman–Crippen LogP) is 3.07. The van der Waals surface area contributed by atoms with Crippen molar-refractivity contribution in [2.24, 2.45) is 0 Å². The van der Waals surface area contributed by atoms with Crippen LogP contribution in [0.4, 0.5) is 17.1 Å². The number of hydrogen-bond donors (Lipinski definition) is 1. The van der Waals surface area contributed by atoms with E-state index in [1.165, 1.54) is 20.3 Å². The standard InChI is InChI=1S/C18H20N2O4/c1-20(2)13-10-8-12(9-11-13)19-15-7-5-6-14(17(21)23-3)16(15)18(22)24-4/h5-11,19H,1-4H3. The van der Waals surface area contributed by atoms with Crippen LogP contribution in [0.3, 0.4) is 0 Å². The number of methoxy groups -OCH3 is 2. The number of esters is 2. The second-order valence-electron chi connectivity index (χ2n) is 5.28. The summed E-state index contributed by atoms with van der Waals surface area (Å²) >= 11 is 0. The van der Waals surface area contributed by atoms with Crippen molar-refractivity contribution >= 4 is 29.0 Å². The summed E-state index contributed by atoms with van der Waals surface area (Å²) < 4.78 is 9.55. The Kier molecular flexibility index (Phi) is 5.42. The molecule has 0 atom stereocenters. The lowest BCUT2D eigenvalue weighted by molar-refractivity contribution is 0.0556. The molecule has 2 aromatic carbocycles. The van der Waals surface area contributed by atoms with Gasteiger partial charge in [0.2, 0.25) is 0 Å². The van der Waals surface area contributed by atoms with Crippen LogP contribution in [0.5, 0.6) is 0 Å². The van der Waals surface area contributed by atoms with Gasteiger partial charge in [-0.2, -0.15) is 0 Å². The molecule has 0 fully saturated rings. The Bertz CT molecular complexity index is 739. The molecule has 0 unspecified atom stereocenters. The fraction of sp³-hybridized carbons (Fsp3) is 0.222. The molecule has 24 heavy (non-hydrogen) atoms. The van der Waals surface area contributed by atoms with Gasteiger partial charge in [-0.25, -0.2) is 9.59 Å². The fourth-order valence-electron chi connectivity index (χ4n) is 2.26. The first-order valence-corrected chi connectivity index (χ1v) is 7.32. The molecule has 0 spiro atoms. The van der Waals surface area contributed by atoms with E-state index in [-0.39, 0.29) is 11.1 Å². The highest BCUT2D eigenvalue weighted by Crippen LogP contribution is 2.26. The maximum absolute atomic E-state index is 12.1. The van der Waals surface area contributed by atoms with E-state index in [1.807, 2.05) is 43.3 Å². The number of anilines is 3. The summed E-state index contributed by atoms with van der Waals surface area (Å²) in [6, 6.07) is 12.6. The van der Waals surface area contributed by atoms with Gasteiger partial charge in [-0.05, 0) is 36.4 Å². The number of benzene rings is 2. The zero-order valence-corrected chi connectivity index (χ0v) is 14.1. The third-order valence-corrected chi connectivity index (χ3v) is 3.52. The van der Waals surface area contributed by atoms with E-state index in [0.29, 0.717) is 5.69 Å². The summed E-state index contributed by atoms with van der Waals surface area (Å²) in [7, 11) is 6.45. The molecular formula is C18H20N2O4. The van der Waals surface area contributed by atoms with Gasteiger partial charge in [-0.1, -0.05) is 6.07 Å². The van der Waals surface area contributed by atoms with E-state index in [4.69, 9.17) is 9.47 Å². The van der Waals surface area contributed by atoms with Crippen molar-refractivity contribution in [2.75, 3.05) is 38.5 Å². The van der Waals surface area contributed by atoms with Crippen LogP contribution in [0.15, 0.2) is 42.5 Å². The van der Waals surface area contributed by atoms with Crippen LogP contribution in [-0.2, 0) is 9.47 Å². The first-order valence-electron chi connectivity index (χ1n) is 7.32. The van der Waals surface area contributed by atoms with E-state index in [0.717, 1.165) is 11.4 Å². The van der Waals surface area contributed by atoms with Crippen LogP contribution in [0.25, 0.3) is 0 Å². The molecule has 0 aliphatic heterocycles. The Balaban J connectivity index is 2.42. The molecule has 6 nitrogen and oxygen atoms in total. The summed E-state index contributed by atoms with van der Waals surface area (Å²) in [5.41, 5.74) is 2.61. The summed E-state index contributed by atoms with van der Waals surface area (Å²) in [6.45, 7) is 0. The topological polar surface area (TPSA) is 67.9 Å². The number of rotatable bonds is 5. The van der Waals surface area contributed by atoms with Crippen LogP contribution < -0.4 is 10.2 Å². The van der Waals surface area contributed by atoms with Gasteiger partial charge in [0.25, 0.3) is 0 Å². The lowest BCUT2D eigenvalue weighted by Gasteiger charge is -2.15. The van der Waals surface area contributed by atoms with Crippen LogP contribution in [0, 0.1) is 0 Å². The van der Waals surface area contributed by atoms with Crippen LogP contribution >= 0.6 is 0 Å². The lowest BCUT2D eigenvalue weighted by Crippen LogP contribution is -2.14. The van der Waals surface area contributed by atoms with E-state index in [1.54, 1.807) is 12.1 Å². The zero-order chi connectivity index (χ0) is 17.7. The molecule has 2 aromatic rings. The van der Waals surface area contributed by atoms with Gasteiger partial charge in [0.05, 0.1) is 31.0 Å². The van der Waals surface area contributed by atoms with E-state index in [2.05, 4.69) is 5.32 Å².